The molecule has 0 heterocycles. The number of hydrogen-bond acceptors (Lipinski definition) is 3. The second-order valence-electron chi connectivity index (χ2n) is 7.96. The van der Waals surface area contributed by atoms with E-state index in [1.165, 1.54) is 12.1 Å². The lowest BCUT2D eigenvalue weighted by Crippen LogP contribution is -2.42. The highest BCUT2D eigenvalue weighted by Gasteiger charge is 2.28. The van der Waals surface area contributed by atoms with Crippen LogP contribution in [0.15, 0.2) is 94.3 Å². The van der Waals surface area contributed by atoms with Crippen molar-refractivity contribution < 1.29 is 13.2 Å². The Morgan fingerprint density at radius 1 is 0.938 bits per heavy atom. The van der Waals surface area contributed by atoms with Gasteiger partial charge in [-0.25, -0.2) is 8.42 Å². The number of carbonyl (C=O) groups excluding carboxylic acids is 1. The van der Waals surface area contributed by atoms with Crippen LogP contribution < -0.4 is 9.62 Å². The molecule has 168 valence electrons. The summed E-state index contributed by atoms with van der Waals surface area (Å²) in [6, 6.07) is 24.6. The number of rotatable bonds is 9. The van der Waals surface area contributed by atoms with Crippen LogP contribution in [-0.2, 0) is 14.8 Å². The Labute approximate surface area is 198 Å². The SMILES string of the molecule is CC(C)C[C@@H](NC(=O)CN(c1cccc(Br)c1)S(=O)(=O)c1ccccc1)c1ccccc1. The largest absolute Gasteiger partial charge is 0.348 e. The van der Waals surface area contributed by atoms with Crippen LogP contribution in [0, 0.1) is 5.92 Å². The number of benzene rings is 3. The minimum absolute atomic E-state index is 0.134. The molecule has 0 saturated carbocycles. The van der Waals surface area contributed by atoms with Gasteiger partial charge in [-0.15, -0.1) is 0 Å². The molecule has 0 saturated heterocycles. The highest BCUT2D eigenvalue weighted by molar-refractivity contribution is 9.10. The summed E-state index contributed by atoms with van der Waals surface area (Å²) in [5, 5.41) is 3.05. The van der Waals surface area contributed by atoms with Gasteiger partial charge in [-0.2, -0.15) is 0 Å². The summed E-state index contributed by atoms with van der Waals surface area (Å²) in [6.07, 6.45) is 0.748. The zero-order valence-corrected chi connectivity index (χ0v) is 20.5. The van der Waals surface area contributed by atoms with E-state index in [1.54, 1.807) is 36.4 Å². The highest BCUT2D eigenvalue weighted by atomic mass is 79.9. The fourth-order valence-corrected chi connectivity index (χ4v) is 5.29. The summed E-state index contributed by atoms with van der Waals surface area (Å²) in [7, 11) is -3.94. The normalized spacial score (nSPS) is 12.4. The van der Waals surface area contributed by atoms with E-state index in [9.17, 15) is 13.2 Å². The second-order valence-corrected chi connectivity index (χ2v) is 10.7. The topological polar surface area (TPSA) is 66.5 Å². The van der Waals surface area contributed by atoms with Crippen molar-refractivity contribution in [2.75, 3.05) is 10.8 Å². The van der Waals surface area contributed by atoms with Crippen LogP contribution >= 0.6 is 15.9 Å². The van der Waals surface area contributed by atoms with Crippen molar-refractivity contribution >= 4 is 37.5 Å². The summed E-state index contributed by atoms with van der Waals surface area (Å²) in [4.78, 5) is 13.3. The van der Waals surface area contributed by atoms with Gasteiger partial charge in [0.2, 0.25) is 5.91 Å². The maximum Gasteiger partial charge on any atom is 0.264 e. The molecule has 5 nitrogen and oxygen atoms in total. The molecule has 0 spiro atoms. The number of halogens is 1. The molecule has 0 aliphatic rings. The first-order valence-electron chi connectivity index (χ1n) is 10.4. The number of nitrogens with one attached hydrogen (secondary N) is 1. The van der Waals surface area contributed by atoms with E-state index in [2.05, 4.69) is 35.1 Å². The van der Waals surface area contributed by atoms with E-state index in [1.807, 2.05) is 36.4 Å². The van der Waals surface area contributed by atoms with Crippen molar-refractivity contribution in [1.29, 1.82) is 0 Å². The van der Waals surface area contributed by atoms with E-state index < -0.39 is 10.0 Å². The molecular formula is C25H27BrN2O3S. The van der Waals surface area contributed by atoms with Gasteiger partial charge in [0.25, 0.3) is 10.0 Å². The molecule has 32 heavy (non-hydrogen) atoms. The van der Waals surface area contributed by atoms with Crippen LogP contribution in [0.5, 0.6) is 0 Å². The molecule has 0 aliphatic carbocycles. The molecule has 0 bridgehead atoms. The molecule has 7 heteroatoms. The van der Waals surface area contributed by atoms with Gasteiger partial charge in [-0.1, -0.05) is 84.4 Å². The van der Waals surface area contributed by atoms with Gasteiger partial charge in [-0.05, 0) is 48.2 Å². The molecule has 0 aliphatic heterocycles. The lowest BCUT2D eigenvalue weighted by atomic mass is 9.97. The van der Waals surface area contributed by atoms with Crippen LogP contribution in [0.2, 0.25) is 0 Å². The molecule has 1 atom stereocenters. The van der Waals surface area contributed by atoms with E-state index in [-0.39, 0.29) is 23.4 Å². The third-order valence-corrected chi connectivity index (χ3v) is 7.24. The van der Waals surface area contributed by atoms with Gasteiger partial charge >= 0.3 is 0 Å². The zero-order chi connectivity index (χ0) is 23.1. The lowest BCUT2D eigenvalue weighted by molar-refractivity contribution is -0.120. The van der Waals surface area contributed by atoms with Gasteiger partial charge in [0.15, 0.2) is 0 Å². The molecule has 0 unspecified atom stereocenters. The Bertz CT molecular complexity index is 1140. The van der Waals surface area contributed by atoms with Gasteiger partial charge in [0.05, 0.1) is 16.6 Å². The first-order chi connectivity index (χ1) is 15.3. The average molecular weight is 515 g/mol. The Balaban J connectivity index is 1.91. The molecule has 3 rings (SSSR count). The van der Waals surface area contributed by atoms with Crippen molar-refractivity contribution in [1.82, 2.24) is 5.32 Å². The lowest BCUT2D eigenvalue weighted by Gasteiger charge is -2.26. The number of sulfonamides is 1. The van der Waals surface area contributed by atoms with E-state index in [0.717, 1.165) is 20.8 Å². The first kappa shape index (κ1) is 24.0. The van der Waals surface area contributed by atoms with Crippen LogP contribution in [0.4, 0.5) is 5.69 Å². The second kappa shape index (κ2) is 10.8. The first-order valence-corrected chi connectivity index (χ1v) is 12.7. The number of anilines is 1. The monoisotopic (exact) mass is 514 g/mol. The maximum atomic E-state index is 13.4. The fourth-order valence-electron chi connectivity index (χ4n) is 3.47. The smallest absolute Gasteiger partial charge is 0.264 e. The highest BCUT2D eigenvalue weighted by Crippen LogP contribution is 2.27. The molecular weight excluding hydrogens is 488 g/mol. The van der Waals surface area contributed by atoms with Gasteiger partial charge < -0.3 is 5.32 Å². The molecule has 1 N–H and O–H groups in total. The number of amides is 1. The summed E-state index contributed by atoms with van der Waals surface area (Å²) in [6.45, 7) is 3.86. The minimum Gasteiger partial charge on any atom is -0.348 e. The predicted octanol–water partition coefficient (Wildman–Crippen LogP) is 5.55. The maximum absolute atomic E-state index is 13.4. The van der Waals surface area contributed by atoms with E-state index in [0.29, 0.717) is 11.6 Å². The summed E-state index contributed by atoms with van der Waals surface area (Å²) >= 11 is 3.40. The summed E-state index contributed by atoms with van der Waals surface area (Å²) in [5.41, 5.74) is 1.41. The third kappa shape index (κ3) is 6.20. The van der Waals surface area contributed by atoms with Crippen molar-refractivity contribution in [3.63, 3.8) is 0 Å². The number of carbonyl (C=O) groups is 1. The molecule has 0 radical (unpaired) electrons. The van der Waals surface area contributed by atoms with Crippen LogP contribution in [-0.4, -0.2) is 20.9 Å². The predicted molar refractivity (Wildman–Crippen MR) is 132 cm³/mol. The van der Waals surface area contributed by atoms with Gasteiger partial charge in [0, 0.05) is 4.47 Å². The standard InChI is InChI=1S/C25H27BrN2O3S/c1-19(2)16-24(20-10-5-3-6-11-20)27-25(29)18-28(22-13-9-12-21(26)17-22)32(30,31)23-14-7-4-8-15-23/h3-15,17,19,24H,16,18H2,1-2H3,(H,27,29)/t24-/m1/s1. The van der Waals surface area contributed by atoms with Crippen molar-refractivity contribution in [3.8, 4) is 0 Å². The molecule has 3 aromatic carbocycles. The number of nitrogens with zero attached hydrogens (tertiary/aromatic N) is 1. The van der Waals surface area contributed by atoms with Gasteiger partial charge in [0.1, 0.15) is 6.54 Å². The molecule has 1 amide bonds. The minimum atomic E-state index is -3.94. The van der Waals surface area contributed by atoms with Crippen molar-refractivity contribution in [2.24, 2.45) is 5.92 Å². The number of hydrogen-bond donors (Lipinski definition) is 1. The Morgan fingerprint density at radius 2 is 1.56 bits per heavy atom. The van der Waals surface area contributed by atoms with Crippen LogP contribution in [0.25, 0.3) is 0 Å². The van der Waals surface area contributed by atoms with E-state index in [4.69, 9.17) is 0 Å². The Hall–Kier alpha value is -2.64. The molecule has 0 fully saturated rings. The Kier molecular flexibility index (Phi) is 8.10. The van der Waals surface area contributed by atoms with Crippen molar-refractivity contribution in [3.05, 3.63) is 95.0 Å². The molecule has 3 aromatic rings. The average Bonchev–Trinajstić information content (AvgIpc) is 2.78. The quantitative estimate of drug-likeness (QED) is 0.407. The van der Waals surface area contributed by atoms with Crippen molar-refractivity contribution in [2.45, 2.75) is 31.2 Å². The fraction of sp³-hybridized carbons (Fsp3) is 0.240. The van der Waals surface area contributed by atoms with Crippen LogP contribution in [0.3, 0.4) is 0 Å². The van der Waals surface area contributed by atoms with Crippen LogP contribution in [0.1, 0.15) is 31.9 Å². The zero-order valence-electron chi connectivity index (χ0n) is 18.1. The molecule has 0 aromatic heterocycles. The third-order valence-electron chi connectivity index (χ3n) is 4.96. The summed E-state index contributed by atoms with van der Waals surface area (Å²) < 4.78 is 28.8. The van der Waals surface area contributed by atoms with Gasteiger partial charge in [-0.3, -0.25) is 9.10 Å². The van der Waals surface area contributed by atoms with E-state index >= 15 is 0 Å². The summed E-state index contributed by atoms with van der Waals surface area (Å²) in [5.74, 6) is -0.00581. The Morgan fingerprint density at radius 3 is 2.16 bits per heavy atom.